The summed E-state index contributed by atoms with van der Waals surface area (Å²) in [5.41, 5.74) is 1.78. The average Bonchev–Trinajstić information content (AvgIpc) is 2.42. The van der Waals surface area contributed by atoms with E-state index in [1.807, 2.05) is 6.07 Å². The Labute approximate surface area is 126 Å². The van der Waals surface area contributed by atoms with E-state index in [4.69, 9.17) is 0 Å². The molecule has 6 heteroatoms. The molecule has 0 unspecified atom stereocenters. The van der Waals surface area contributed by atoms with Gasteiger partial charge in [-0.2, -0.15) is 0 Å². The Hall–Kier alpha value is -1.31. The van der Waals surface area contributed by atoms with Crippen molar-refractivity contribution >= 4 is 28.4 Å². The largest absolute Gasteiger partial charge is 0.369 e. The molecule has 5 nitrogen and oxygen atoms in total. The molecule has 19 heavy (non-hydrogen) atoms. The van der Waals surface area contributed by atoms with Crippen LogP contribution in [0.4, 0.5) is 5.82 Å². The fraction of sp³-hybridized carbons (Fsp3) is 0.385. The van der Waals surface area contributed by atoms with Crippen molar-refractivity contribution in [2.75, 3.05) is 11.9 Å². The predicted molar refractivity (Wildman–Crippen MR) is 84.0 cm³/mol. The van der Waals surface area contributed by atoms with Crippen LogP contribution >= 0.6 is 22.6 Å². The van der Waals surface area contributed by atoms with Crippen LogP contribution in [-0.4, -0.2) is 26.5 Å². The molecule has 1 N–H and O–H groups in total. The molecule has 0 aliphatic rings. The van der Waals surface area contributed by atoms with E-state index in [1.54, 1.807) is 6.20 Å². The third-order valence-corrected chi connectivity index (χ3v) is 3.64. The third-order valence-electron chi connectivity index (χ3n) is 2.58. The van der Waals surface area contributed by atoms with Gasteiger partial charge in [0.1, 0.15) is 17.8 Å². The van der Waals surface area contributed by atoms with E-state index in [0.717, 1.165) is 27.3 Å². The molecule has 0 bridgehead atoms. The van der Waals surface area contributed by atoms with Gasteiger partial charge in [-0.25, -0.2) is 19.9 Å². The van der Waals surface area contributed by atoms with Crippen molar-refractivity contribution in [2.45, 2.75) is 26.7 Å². The van der Waals surface area contributed by atoms with E-state index in [2.05, 4.69) is 68.6 Å². The summed E-state index contributed by atoms with van der Waals surface area (Å²) in [5, 5.41) is 3.28. The van der Waals surface area contributed by atoms with E-state index in [0.29, 0.717) is 11.7 Å². The van der Waals surface area contributed by atoms with Gasteiger partial charge in [-0.1, -0.05) is 13.8 Å². The highest BCUT2D eigenvalue weighted by molar-refractivity contribution is 14.1. The minimum absolute atomic E-state index is 0.341. The van der Waals surface area contributed by atoms with Crippen molar-refractivity contribution in [1.82, 2.24) is 19.9 Å². The topological polar surface area (TPSA) is 63.6 Å². The van der Waals surface area contributed by atoms with Crippen molar-refractivity contribution in [3.8, 4) is 11.5 Å². The summed E-state index contributed by atoms with van der Waals surface area (Å²) in [6.45, 7) is 7.14. The zero-order chi connectivity index (χ0) is 13.8. The van der Waals surface area contributed by atoms with E-state index in [-0.39, 0.29) is 0 Å². The number of rotatable bonds is 4. The minimum Gasteiger partial charge on any atom is -0.369 e. The van der Waals surface area contributed by atoms with Crippen molar-refractivity contribution < 1.29 is 0 Å². The standard InChI is InChI=1S/C13H16IN5/c1-4-16-13-10(14)11(8(2)3)18-12(19-13)9-5-6-15-7-17-9/h5-8H,4H2,1-3H3,(H,16,18,19). The smallest absolute Gasteiger partial charge is 0.180 e. The summed E-state index contributed by atoms with van der Waals surface area (Å²) in [4.78, 5) is 17.3. The zero-order valence-electron chi connectivity index (χ0n) is 11.2. The maximum Gasteiger partial charge on any atom is 0.180 e. The molecular weight excluding hydrogens is 353 g/mol. The SMILES string of the molecule is CCNc1nc(-c2ccncn2)nc(C(C)C)c1I. The summed E-state index contributed by atoms with van der Waals surface area (Å²) in [5.74, 6) is 1.85. The van der Waals surface area contributed by atoms with Crippen LogP contribution in [0.15, 0.2) is 18.6 Å². The molecule has 2 rings (SSSR count). The van der Waals surface area contributed by atoms with Crippen LogP contribution < -0.4 is 5.32 Å². The van der Waals surface area contributed by atoms with Gasteiger partial charge in [-0.15, -0.1) is 0 Å². The number of nitrogens with zero attached hydrogens (tertiary/aromatic N) is 4. The van der Waals surface area contributed by atoms with Crippen LogP contribution in [-0.2, 0) is 0 Å². The molecule has 100 valence electrons. The highest BCUT2D eigenvalue weighted by atomic mass is 127. The monoisotopic (exact) mass is 369 g/mol. The maximum atomic E-state index is 4.64. The Morgan fingerprint density at radius 1 is 1.32 bits per heavy atom. The summed E-state index contributed by atoms with van der Waals surface area (Å²) in [7, 11) is 0. The van der Waals surface area contributed by atoms with Crippen molar-refractivity contribution in [2.24, 2.45) is 0 Å². The lowest BCUT2D eigenvalue weighted by Crippen LogP contribution is -2.09. The fourth-order valence-corrected chi connectivity index (χ4v) is 2.72. The Kier molecular flexibility index (Phi) is 4.62. The minimum atomic E-state index is 0.341. The van der Waals surface area contributed by atoms with Gasteiger partial charge < -0.3 is 5.32 Å². The predicted octanol–water partition coefficient (Wildman–Crippen LogP) is 3.09. The van der Waals surface area contributed by atoms with Crippen LogP contribution in [0, 0.1) is 3.57 Å². The summed E-state index contributed by atoms with van der Waals surface area (Å²) < 4.78 is 1.08. The van der Waals surface area contributed by atoms with E-state index in [9.17, 15) is 0 Å². The molecule has 2 heterocycles. The highest BCUT2D eigenvalue weighted by Gasteiger charge is 2.15. The molecule has 0 atom stereocenters. The average molecular weight is 369 g/mol. The molecular formula is C13H16IN5. The Balaban J connectivity index is 2.56. The van der Waals surface area contributed by atoms with Gasteiger partial charge in [0, 0.05) is 12.7 Å². The second-order valence-electron chi connectivity index (χ2n) is 4.37. The molecule has 2 aromatic heterocycles. The fourth-order valence-electron chi connectivity index (χ4n) is 1.67. The first-order valence-electron chi connectivity index (χ1n) is 6.21. The molecule has 0 aromatic carbocycles. The Morgan fingerprint density at radius 3 is 2.68 bits per heavy atom. The molecule has 2 aromatic rings. The Bertz CT molecular complexity index is 556. The maximum absolute atomic E-state index is 4.64. The first-order chi connectivity index (χ1) is 9.13. The van der Waals surface area contributed by atoms with Crippen LogP contribution in [0.2, 0.25) is 0 Å². The summed E-state index contributed by atoms with van der Waals surface area (Å²) >= 11 is 2.30. The van der Waals surface area contributed by atoms with Gasteiger partial charge in [0.25, 0.3) is 0 Å². The first-order valence-corrected chi connectivity index (χ1v) is 7.29. The first kappa shape index (κ1) is 14.1. The van der Waals surface area contributed by atoms with E-state index in [1.165, 1.54) is 6.33 Å². The van der Waals surface area contributed by atoms with E-state index >= 15 is 0 Å². The molecule has 0 saturated heterocycles. The van der Waals surface area contributed by atoms with Crippen molar-refractivity contribution in [1.29, 1.82) is 0 Å². The van der Waals surface area contributed by atoms with Crippen LogP contribution in [0.3, 0.4) is 0 Å². The molecule has 0 fully saturated rings. The van der Waals surface area contributed by atoms with E-state index < -0.39 is 0 Å². The lowest BCUT2D eigenvalue weighted by molar-refractivity contribution is 0.807. The van der Waals surface area contributed by atoms with Gasteiger partial charge in [0.2, 0.25) is 0 Å². The van der Waals surface area contributed by atoms with Gasteiger partial charge in [0.15, 0.2) is 5.82 Å². The van der Waals surface area contributed by atoms with Crippen molar-refractivity contribution in [3.63, 3.8) is 0 Å². The zero-order valence-corrected chi connectivity index (χ0v) is 13.3. The molecule has 0 aliphatic heterocycles. The van der Waals surface area contributed by atoms with Crippen LogP contribution in [0.25, 0.3) is 11.5 Å². The van der Waals surface area contributed by atoms with Gasteiger partial charge in [-0.3, -0.25) is 0 Å². The quantitative estimate of drug-likeness (QED) is 0.840. The molecule has 0 radical (unpaired) electrons. The molecule has 0 spiro atoms. The third kappa shape index (κ3) is 3.17. The second-order valence-corrected chi connectivity index (χ2v) is 5.45. The lowest BCUT2D eigenvalue weighted by atomic mass is 10.1. The summed E-state index contributed by atoms with van der Waals surface area (Å²) in [6, 6.07) is 1.82. The lowest BCUT2D eigenvalue weighted by Gasteiger charge is -2.14. The van der Waals surface area contributed by atoms with Gasteiger partial charge >= 0.3 is 0 Å². The molecule has 0 saturated carbocycles. The van der Waals surface area contributed by atoms with Gasteiger partial charge in [0.05, 0.1) is 9.26 Å². The molecule has 0 amide bonds. The van der Waals surface area contributed by atoms with Gasteiger partial charge in [-0.05, 0) is 41.5 Å². The number of aromatic nitrogens is 4. The normalized spacial score (nSPS) is 10.8. The van der Waals surface area contributed by atoms with Crippen LogP contribution in [0.1, 0.15) is 32.4 Å². The Morgan fingerprint density at radius 2 is 2.11 bits per heavy atom. The number of anilines is 1. The number of hydrogen-bond donors (Lipinski definition) is 1. The number of halogens is 1. The molecule has 0 aliphatic carbocycles. The number of hydrogen-bond acceptors (Lipinski definition) is 5. The second kappa shape index (κ2) is 6.23. The number of nitrogens with one attached hydrogen (secondary N) is 1. The highest BCUT2D eigenvalue weighted by Crippen LogP contribution is 2.27. The summed E-state index contributed by atoms with van der Waals surface area (Å²) in [6.07, 6.45) is 3.21. The van der Waals surface area contributed by atoms with Crippen LogP contribution in [0.5, 0.6) is 0 Å². The van der Waals surface area contributed by atoms with Crippen molar-refractivity contribution in [3.05, 3.63) is 27.9 Å².